The fourth-order valence-electron chi connectivity index (χ4n) is 2.39. The second kappa shape index (κ2) is 9.13. The van der Waals surface area contributed by atoms with Gasteiger partial charge in [0.25, 0.3) is 5.91 Å². The van der Waals surface area contributed by atoms with Crippen molar-refractivity contribution in [3.63, 3.8) is 0 Å². The van der Waals surface area contributed by atoms with E-state index < -0.39 is 10.0 Å². The molecular weight excluding hydrogens is 390 g/mol. The molecule has 7 nitrogen and oxygen atoms in total. The van der Waals surface area contributed by atoms with Crippen LogP contribution in [-0.4, -0.2) is 27.1 Å². The minimum atomic E-state index is -3.72. The first-order chi connectivity index (χ1) is 13.9. The van der Waals surface area contributed by atoms with Gasteiger partial charge in [-0.25, -0.2) is 13.6 Å². The number of anilines is 1. The predicted octanol–water partition coefficient (Wildman–Crippen LogP) is 3.10. The van der Waals surface area contributed by atoms with E-state index in [4.69, 9.17) is 9.88 Å². The number of hydrogen-bond donors (Lipinski definition) is 2. The molecule has 0 aromatic heterocycles. The average Bonchev–Trinajstić information content (AvgIpc) is 2.72. The molecule has 3 aromatic carbocycles. The fraction of sp³-hybridized carbons (Fsp3) is 0.0476. The molecule has 0 aliphatic heterocycles. The zero-order valence-electron chi connectivity index (χ0n) is 15.4. The normalized spacial score (nSPS) is 11.3. The maximum absolute atomic E-state index is 11.9. The van der Waals surface area contributed by atoms with E-state index in [-0.39, 0.29) is 17.4 Å². The van der Waals surface area contributed by atoms with Crippen LogP contribution in [0.4, 0.5) is 11.4 Å². The lowest BCUT2D eigenvalue weighted by molar-refractivity contribution is -0.118. The molecule has 3 rings (SSSR count). The molecule has 1 amide bonds. The predicted molar refractivity (Wildman–Crippen MR) is 112 cm³/mol. The van der Waals surface area contributed by atoms with Crippen LogP contribution in [0.1, 0.15) is 5.56 Å². The summed E-state index contributed by atoms with van der Waals surface area (Å²) < 4.78 is 28.0. The van der Waals surface area contributed by atoms with Crippen LogP contribution in [0.5, 0.6) is 5.75 Å². The van der Waals surface area contributed by atoms with E-state index >= 15 is 0 Å². The largest absolute Gasteiger partial charge is 0.484 e. The van der Waals surface area contributed by atoms with E-state index in [9.17, 15) is 13.2 Å². The van der Waals surface area contributed by atoms with Crippen molar-refractivity contribution in [3.8, 4) is 5.75 Å². The highest BCUT2D eigenvalue weighted by Gasteiger charge is 2.06. The van der Waals surface area contributed by atoms with Gasteiger partial charge in [-0.1, -0.05) is 18.2 Å². The molecule has 29 heavy (non-hydrogen) atoms. The van der Waals surface area contributed by atoms with Gasteiger partial charge in [-0.2, -0.15) is 0 Å². The first-order valence-electron chi connectivity index (χ1n) is 8.65. The SMILES string of the molecule is NS(=O)(=O)c1ccc(N=Cc2ccc(OCC(=O)Nc3ccccc3)cc2)cc1. The third-order valence-corrected chi connectivity index (χ3v) is 4.76. The molecule has 0 saturated carbocycles. The van der Waals surface area contributed by atoms with Crippen LogP contribution in [-0.2, 0) is 14.8 Å². The van der Waals surface area contributed by atoms with Crippen molar-refractivity contribution in [2.24, 2.45) is 10.1 Å². The highest BCUT2D eigenvalue weighted by molar-refractivity contribution is 7.89. The number of amides is 1. The van der Waals surface area contributed by atoms with Gasteiger partial charge in [0.1, 0.15) is 5.75 Å². The van der Waals surface area contributed by atoms with Crippen LogP contribution in [0.25, 0.3) is 0 Å². The van der Waals surface area contributed by atoms with Gasteiger partial charge in [-0.3, -0.25) is 9.79 Å². The van der Waals surface area contributed by atoms with Crippen LogP contribution in [0.3, 0.4) is 0 Å². The number of nitrogens with two attached hydrogens (primary N) is 1. The monoisotopic (exact) mass is 409 g/mol. The summed E-state index contributed by atoms with van der Waals surface area (Å²) in [7, 11) is -3.72. The number of sulfonamides is 1. The summed E-state index contributed by atoms with van der Waals surface area (Å²) in [4.78, 5) is 16.2. The molecule has 0 heterocycles. The van der Waals surface area contributed by atoms with Gasteiger partial charge < -0.3 is 10.1 Å². The third-order valence-electron chi connectivity index (χ3n) is 3.84. The summed E-state index contributed by atoms with van der Waals surface area (Å²) in [6.45, 7) is -0.0985. The molecule has 0 unspecified atom stereocenters. The molecular formula is C21H19N3O4S. The molecule has 0 bridgehead atoms. The molecule has 0 spiro atoms. The number of ether oxygens (including phenoxy) is 1. The van der Waals surface area contributed by atoms with E-state index in [1.165, 1.54) is 12.1 Å². The number of nitrogens with zero attached hydrogens (tertiary/aromatic N) is 1. The lowest BCUT2D eigenvalue weighted by Crippen LogP contribution is -2.20. The minimum Gasteiger partial charge on any atom is -0.484 e. The Labute approximate surface area is 168 Å². The standard InChI is InChI=1S/C21H19N3O4S/c22-29(26,27)20-12-8-17(9-13-20)23-14-16-6-10-19(11-7-16)28-15-21(25)24-18-4-2-1-3-5-18/h1-14H,15H2,(H,24,25)(H2,22,26,27). The lowest BCUT2D eigenvalue weighted by atomic mass is 10.2. The number of carbonyl (C=O) groups excluding carboxylic acids is 1. The number of primary sulfonamides is 1. The van der Waals surface area contributed by atoms with Crippen molar-refractivity contribution < 1.29 is 17.9 Å². The number of hydrogen-bond acceptors (Lipinski definition) is 5. The minimum absolute atomic E-state index is 0.0363. The Balaban J connectivity index is 1.53. The van der Waals surface area contributed by atoms with Crippen LogP contribution < -0.4 is 15.2 Å². The van der Waals surface area contributed by atoms with E-state index in [1.54, 1.807) is 54.7 Å². The lowest BCUT2D eigenvalue weighted by Gasteiger charge is -2.07. The van der Waals surface area contributed by atoms with Crippen molar-refractivity contribution in [2.75, 3.05) is 11.9 Å². The molecule has 148 valence electrons. The molecule has 0 fully saturated rings. The van der Waals surface area contributed by atoms with Crippen LogP contribution in [0.2, 0.25) is 0 Å². The number of aliphatic imine (C=N–C) groups is 1. The van der Waals surface area contributed by atoms with E-state index in [2.05, 4.69) is 10.3 Å². The van der Waals surface area contributed by atoms with Gasteiger partial charge in [0.2, 0.25) is 10.0 Å². The van der Waals surface area contributed by atoms with Crippen molar-refractivity contribution in [1.82, 2.24) is 0 Å². The Bertz CT molecular complexity index is 1090. The van der Waals surface area contributed by atoms with Crippen molar-refractivity contribution in [3.05, 3.63) is 84.4 Å². The Hall–Kier alpha value is -3.49. The van der Waals surface area contributed by atoms with Gasteiger partial charge in [0.15, 0.2) is 6.61 Å². The van der Waals surface area contributed by atoms with Crippen molar-refractivity contribution >= 4 is 33.5 Å². The summed E-state index contributed by atoms with van der Waals surface area (Å²) in [5, 5.41) is 7.81. The summed E-state index contributed by atoms with van der Waals surface area (Å²) in [5.74, 6) is 0.313. The number of nitrogens with one attached hydrogen (secondary N) is 1. The second-order valence-electron chi connectivity index (χ2n) is 6.07. The van der Waals surface area contributed by atoms with Gasteiger partial charge in [-0.15, -0.1) is 0 Å². The van der Waals surface area contributed by atoms with E-state index in [0.29, 0.717) is 17.1 Å². The fourth-order valence-corrected chi connectivity index (χ4v) is 2.90. The highest BCUT2D eigenvalue weighted by atomic mass is 32.2. The summed E-state index contributed by atoms with van der Waals surface area (Å²) in [5.41, 5.74) is 2.13. The number of para-hydroxylation sites is 1. The molecule has 0 aliphatic carbocycles. The molecule has 0 aliphatic rings. The van der Waals surface area contributed by atoms with Crippen molar-refractivity contribution in [1.29, 1.82) is 0 Å². The Morgan fingerprint density at radius 1 is 0.966 bits per heavy atom. The molecule has 0 saturated heterocycles. The van der Waals surface area contributed by atoms with Gasteiger partial charge in [-0.05, 0) is 66.2 Å². The number of carbonyl (C=O) groups is 1. The van der Waals surface area contributed by atoms with Gasteiger partial charge in [0, 0.05) is 11.9 Å². The molecule has 3 aromatic rings. The Morgan fingerprint density at radius 2 is 1.62 bits per heavy atom. The van der Waals surface area contributed by atoms with Gasteiger partial charge >= 0.3 is 0 Å². The average molecular weight is 409 g/mol. The first kappa shape index (κ1) is 20.2. The maximum Gasteiger partial charge on any atom is 0.262 e. The molecule has 0 radical (unpaired) electrons. The number of benzene rings is 3. The highest BCUT2D eigenvalue weighted by Crippen LogP contribution is 2.16. The van der Waals surface area contributed by atoms with Crippen LogP contribution >= 0.6 is 0 Å². The Kier molecular flexibility index (Phi) is 6.38. The van der Waals surface area contributed by atoms with E-state index in [1.807, 2.05) is 18.2 Å². The number of rotatable bonds is 7. The summed E-state index contributed by atoms with van der Waals surface area (Å²) in [6.07, 6.45) is 1.64. The van der Waals surface area contributed by atoms with Crippen molar-refractivity contribution in [2.45, 2.75) is 4.90 Å². The smallest absolute Gasteiger partial charge is 0.262 e. The van der Waals surface area contributed by atoms with E-state index in [0.717, 1.165) is 5.56 Å². The quantitative estimate of drug-likeness (QED) is 0.584. The van der Waals surface area contributed by atoms with Crippen LogP contribution in [0, 0.1) is 0 Å². The Morgan fingerprint density at radius 3 is 2.24 bits per heavy atom. The first-order valence-corrected chi connectivity index (χ1v) is 10.2. The third kappa shape index (κ3) is 6.27. The van der Waals surface area contributed by atoms with Gasteiger partial charge in [0.05, 0.1) is 10.6 Å². The summed E-state index contributed by atoms with van der Waals surface area (Å²) >= 11 is 0. The topological polar surface area (TPSA) is 111 Å². The maximum atomic E-state index is 11.9. The molecule has 8 heteroatoms. The second-order valence-corrected chi connectivity index (χ2v) is 7.63. The van der Waals surface area contributed by atoms with Crippen LogP contribution in [0.15, 0.2) is 88.8 Å². The molecule has 0 atom stereocenters. The summed E-state index contributed by atoms with van der Waals surface area (Å²) in [6, 6.07) is 22.2. The molecule has 3 N–H and O–H groups in total. The zero-order chi connectivity index (χ0) is 20.7. The zero-order valence-corrected chi connectivity index (χ0v) is 16.2.